The van der Waals surface area contributed by atoms with E-state index in [1.807, 2.05) is 4.90 Å². The molecule has 2 rings (SSSR count). The Balaban J connectivity index is 2.04. The van der Waals surface area contributed by atoms with E-state index in [-0.39, 0.29) is 5.91 Å². The number of hydrogen-bond donors (Lipinski definition) is 1. The maximum Gasteiger partial charge on any atom is 0.276 e. The molecule has 0 saturated carbocycles. The van der Waals surface area contributed by atoms with Gasteiger partial charge in [-0.3, -0.25) is 4.79 Å². The number of likely N-dealkylation sites (tertiary alicyclic amines) is 1. The molecule has 16 heavy (non-hydrogen) atoms. The minimum Gasteiger partial charge on any atom is -0.361 e. The van der Waals surface area contributed by atoms with E-state index in [0.29, 0.717) is 23.9 Å². The van der Waals surface area contributed by atoms with Crippen molar-refractivity contribution in [3.8, 4) is 0 Å². The summed E-state index contributed by atoms with van der Waals surface area (Å²) < 4.78 is 4.91. The summed E-state index contributed by atoms with van der Waals surface area (Å²) in [5.41, 5.74) is 6.03. The van der Waals surface area contributed by atoms with E-state index in [0.717, 1.165) is 25.9 Å². The Morgan fingerprint density at radius 1 is 1.75 bits per heavy atom. The molecule has 2 heterocycles. The van der Waals surface area contributed by atoms with E-state index in [9.17, 15) is 4.79 Å². The van der Waals surface area contributed by atoms with Crippen LogP contribution in [0.1, 0.15) is 29.1 Å². The van der Waals surface area contributed by atoms with Crippen molar-refractivity contribution in [2.75, 3.05) is 19.6 Å². The van der Waals surface area contributed by atoms with Gasteiger partial charge in [-0.2, -0.15) is 0 Å². The van der Waals surface area contributed by atoms with Crippen molar-refractivity contribution in [1.29, 1.82) is 0 Å². The molecule has 1 aromatic rings. The van der Waals surface area contributed by atoms with E-state index in [1.54, 1.807) is 13.0 Å². The van der Waals surface area contributed by atoms with Gasteiger partial charge in [0.2, 0.25) is 0 Å². The number of nitrogens with zero attached hydrogens (tertiary/aromatic N) is 2. The fourth-order valence-corrected chi connectivity index (χ4v) is 2.07. The Kier molecular flexibility index (Phi) is 3.24. The molecule has 0 aliphatic carbocycles. The molecule has 1 atom stereocenters. The average molecular weight is 223 g/mol. The van der Waals surface area contributed by atoms with Crippen molar-refractivity contribution in [2.45, 2.75) is 19.8 Å². The van der Waals surface area contributed by atoms with Crippen LogP contribution < -0.4 is 5.73 Å². The van der Waals surface area contributed by atoms with Crippen molar-refractivity contribution in [3.63, 3.8) is 0 Å². The quantitative estimate of drug-likeness (QED) is 0.804. The van der Waals surface area contributed by atoms with Gasteiger partial charge in [-0.1, -0.05) is 5.16 Å². The van der Waals surface area contributed by atoms with Gasteiger partial charge < -0.3 is 15.2 Å². The maximum absolute atomic E-state index is 12.0. The third kappa shape index (κ3) is 2.24. The largest absolute Gasteiger partial charge is 0.361 e. The first-order valence-corrected chi connectivity index (χ1v) is 5.63. The van der Waals surface area contributed by atoms with E-state index in [1.165, 1.54) is 0 Å². The van der Waals surface area contributed by atoms with Crippen LogP contribution in [0, 0.1) is 12.8 Å². The molecule has 0 radical (unpaired) electrons. The Hall–Kier alpha value is -1.36. The summed E-state index contributed by atoms with van der Waals surface area (Å²) in [7, 11) is 0. The van der Waals surface area contributed by atoms with Crippen LogP contribution >= 0.6 is 0 Å². The van der Waals surface area contributed by atoms with Crippen LogP contribution in [0.3, 0.4) is 0 Å². The number of carbonyl (C=O) groups excluding carboxylic acids is 1. The van der Waals surface area contributed by atoms with Crippen molar-refractivity contribution in [2.24, 2.45) is 11.7 Å². The second-order valence-electron chi connectivity index (χ2n) is 4.32. The molecule has 1 aliphatic rings. The molecular formula is C11H17N3O2. The van der Waals surface area contributed by atoms with Crippen LogP contribution in [0.25, 0.3) is 0 Å². The van der Waals surface area contributed by atoms with Crippen LogP contribution in [-0.4, -0.2) is 35.6 Å². The normalized spacial score (nSPS) is 21.1. The summed E-state index contributed by atoms with van der Waals surface area (Å²) >= 11 is 0. The molecule has 1 fully saturated rings. The molecule has 1 aliphatic heterocycles. The van der Waals surface area contributed by atoms with Gasteiger partial charge in [-0.15, -0.1) is 0 Å². The molecule has 1 amide bonds. The van der Waals surface area contributed by atoms with Crippen LogP contribution in [0.4, 0.5) is 0 Å². The zero-order chi connectivity index (χ0) is 11.5. The van der Waals surface area contributed by atoms with Crippen LogP contribution in [0.2, 0.25) is 0 Å². The zero-order valence-electron chi connectivity index (χ0n) is 9.48. The van der Waals surface area contributed by atoms with Crippen molar-refractivity contribution >= 4 is 5.91 Å². The lowest BCUT2D eigenvalue weighted by Gasteiger charge is -2.31. The summed E-state index contributed by atoms with van der Waals surface area (Å²) in [6, 6.07) is 1.67. The lowest BCUT2D eigenvalue weighted by atomic mass is 9.98. The van der Waals surface area contributed by atoms with Gasteiger partial charge in [-0.25, -0.2) is 0 Å². The molecule has 88 valence electrons. The van der Waals surface area contributed by atoms with Gasteiger partial charge in [0.05, 0.1) is 0 Å². The Morgan fingerprint density at radius 3 is 3.19 bits per heavy atom. The molecule has 2 N–H and O–H groups in total. The van der Waals surface area contributed by atoms with Crippen molar-refractivity contribution < 1.29 is 9.32 Å². The van der Waals surface area contributed by atoms with Crippen LogP contribution in [0.5, 0.6) is 0 Å². The van der Waals surface area contributed by atoms with Gasteiger partial charge >= 0.3 is 0 Å². The smallest absolute Gasteiger partial charge is 0.276 e. The highest BCUT2D eigenvalue weighted by Gasteiger charge is 2.25. The zero-order valence-corrected chi connectivity index (χ0v) is 9.48. The highest BCUT2D eigenvalue weighted by Crippen LogP contribution is 2.17. The molecular weight excluding hydrogens is 206 g/mol. The molecule has 1 unspecified atom stereocenters. The number of aromatic nitrogens is 1. The average Bonchev–Trinajstić information content (AvgIpc) is 2.75. The highest BCUT2D eigenvalue weighted by molar-refractivity contribution is 5.92. The number of amides is 1. The number of hydrogen-bond acceptors (Lipinski definition) is 4. The number of aryl methyl sites for hydroxylation is 1. The molecule has 0 bridgehead atoms. The molecule has 0 aromatic carbocycles. The summed E-state index contributed by atoms with van der Waals surface area (Å²) in [4.78, 5) is 13.9. The summed E-state index contributed by atoms with van der Waals surface area (Å²) in [5.74, 6) is 1.04. The van der Waals surface area contributed by atoms with E-state index < -0.39 is 0 Å². The maximum atomic E-state index is 12.0. The molecule has 5 heteroatoms. The summed E-state index contributed by atoms with van der Waals surface area (Å²) in [6.07, 6.45) is 2.13. The van der Waals surface area contributed by atoms with Gasteiger partial charge in [-0.05, 0) is 32.2 Å². The highest BCUT2D eigenvalue weighted by atomic mass is 16.5. The first-order valence-electron chi connectivity index (χ1n) is 5.63. The Bertz CT molecular complexity index is 375. The molecule has 1 saturated heterocycles. The predicted octanol–water partition coefficient (Wildman–Crippen LogP) is 0.794. The number of piperidine rings is 1. The fraction of sp³-hybridized carbons (Fsp3) is 0.636. The lowest BCUT2D eigenvalue weighted by Crippen LogP contribution is -2.42. The van der Waals surface area contributed by atoms with Gasteiger partial charge in [0, 0.05) is 19.2 Å². The molecule has 1 aromatic heterocycles. The van der Waals surface area contributed by atoms with E-state index in [2.05, 4.69) is 5.16 Å². The predicted molar refractivity (Wildman–Crippen MR) is 58.9 cm³/mol. The number of nitrogens with two attached hydrogens (primary N) is 1. The first kappa shape index (κ1) is 11.1. The van der Waals surface area contributed by atoms with Crippen LogP contribution in [0.15, 0.2) is 10.6 Å². The standard InChI is InChI=1S/C11H17N3O2/c1-8-5-10(13-16-8)11(15)14-4-2-3-9(6-12)7-14/h5,9H,2-4,6-7,12H2,1H3. The first-order chi connectivity index (χ1) is 7.70. The van der Waals surface area contributed by atoms with E-state index in [4.69, 9.17) is 10.3 Å². The summed E-state index contributed by atoms with van der Waals surface area (Å²) in [6.45, 7) is 3.95. The minimum absolute atomic E-state index is 0.0463. The topological polar surface area (TPSA) is 72.4 Å². The lowest BCUT2D eigenvalue weighted by molar-refractivity contribution is 0.0667. The number of rotatable bonds is 2. The summed E-state index contributed by atoms with van der Waals surface area (Å²) in [5, 5.41) is 3.74. The van der Waals surface area contributed by atoms with E-state index >= 15 is 0 Å². The van der Waals surface area contributed by atoms with Crippen LogP contribution in [-0.2, 0) is 0 Å². The third-order valence-electron chi connectivity index (χ3n) is 2.99. The second-order valence-corrected chi connectivity index (χ2v) is 4.32. The Morgan fingerprint density at radius 2 is 2.56 bits per heavy atom. The number of carbonyl (C=O) groups is 1. The molecule has 0 spiro atoms. The van der Waals surface area contributed by atoms with Gasteiger partial charge in [0.15, 0.2) is 5.69 Å². The molecule has 5 nitrogen and oxygen atoms in total. The monoisotopic (exact) mass is 223 g/mol. The van der Waals surface area contributed by atoms with Crippen molar-refractivity contribution in [3.05, 3.63) is 17.5 Å². The fourth-order valence-electron chi connectivity index (χ4n) is 2.07. The third-order valence-corrected chi connectivity index (χ3v) is 2.99. The Labute approximate surface area is 94.6 Å². The minimum atomic E-state index is -0.0463. The second kappa shape index (κ2) is 4.65. The SMILES string of the molecule is Cc1cc(C(=O)N2CCCC(CN)C2)no1. The van der Waals surface area contributed by atoms with Crippen molar-refractivity contribution in [1.82, 2.24) is 10.1 Å². The van der Waals surface area contributed by atoms with Gasteiger partial charge in [0.25, 0.3) is 5.91 Å². The van der Waals surface area contributed by atoms with Gasteiger partial charge in [0.1, 0.15) is 5.76 Å².